The lowest BCUT2D eigenvalue weighted by molar-refractivity contribution is 0.399. The van der Waals surface area contributed by atoms with Crippen LogP contribution in [0, 0.1) is 0 Å². The van der Waals surface area contributed by atoms with Gasteiger partial charge in [0.2, 0.25) is 0 Å². The van der Waals surface area contributed by atoms with Crippen molar-refractivity contribution in [2.75, 3.05) is 7.11 Å². The smallest absolute Gasteiger partial charge is 0.123 e. The molecule has 0 saturated heterocycles. The monoisotopic (exact) mass is 215 g/mol. The summed E-state index contributed by atoms with van der Waals surface area (Å²) in [6, 6.07) is 6.12. The van der Waals surface area contributed by atoms with Crippen LogP contribution in [0.2, 0.25) is 0 Å². The summed E-state index contributed by atoms with van der Waals surface area (Å²) in [5.74, 6) is 0.950. The van der Waals surface area contributed by atoms with Crippen molar-refractivity contribution in [3.05, 3.63) is 36.2 Å². The van der Waals surface area contributed by atoms with Crippen molar-refractivity contribution in [3.8, 4) is 5.75 Å². The molecule has 2 rings (SSSR count). The average Bonchev–Trinajstić information content (AvgIpc) is 2.26. The van der Waals surface area contributed by atoms with Crippen LogP contribution in [0.4, 0.5) is 0 Å². The van der Waals surface area contributed by atoms with Gasteiger partial charge in [0.05, 0.1) is 7.11 Å². The molecule has 0 saturated carbocycles. The minimum absolute atomic E-state index is 0.0617. The summed E-state index contributed by atoms with van der Waals surface area (Å²) < 4.78 is 5.46. The van der Waals surface area contributed by atoms with E-state index in [1.165, 1.54) is 10.9 Å². The Bertz CT molecular complexity index is 512. The highest BCUT2D eigenvalue weighted by atomic mass is 16.5. The zero-order chi connectivity index (χ0) is 11.8. The van der Waals surface area contributed by atoms with Crippen LogP contribution in [0.25, 0.3) is 10.8 Å². The van der Waals surface area contributed by atoms with Gasteiger partial charge in [-0.3, -0.25) is 4.98 Å². The van der Waals surface area contributed by atoms with E-state index in [0.29, 0.717) is 0 Å². The summed E-state index contributed by atoms with van der Waals surface area (Å²) in [6.45, 7) is 6.60. The first-order valence-electron chi connectivity index (χ1n) is 5.45. The summed E-state index contributed by atoms with van der Waals surface area (Å²) in [4.78, 5) is 4.15. The Balaban J connectivity index is 2.84. The summed E-state index contributed by atoms with van der Waals surface area (Å²) in [5.41, 5.74) is 1.31. The number of nitrogens with zero attached hydrogens (tertiary/aromatic N) is 1. The minimum atomic E-state index is 0.0617. The van der Waals surface area contributed by atoms with Crippen LogP contribution in [0.1, 0.15) is 26.3 Å². The quantitative estimate of drug-likeness (QED) is 0.726. The third-order valence-corrected chi connectivity index (χ3v) is 2.75. The number of benzene rings is 1. The fourth-order valence-electron chi connectivity index (χ4n) is 2.09. The molecule has 0 aliphatic heterocycles. The maximum Gasteiger partial charge on any atom is 0.123 e. The maximum absolute atomic E-state index is 5.46. The molecule has 0 radical (unpaired) electrons. The second-order valence-corrected chi connectivity index (χ2v) is 4.99. The van der Waals surface area contributed by atoms with Gasteiger partial charge in [0.1, 0.15) is 5.75 Å². The van der Waals surface area contributed by atoms with E-state index in [2.05, 4.69) is 37.9 Å². The zero-order valence-corrected chi connectivity index (χ0v) is 10.2. The summed E-state index contributed by atoms with van der Waals surface area (Å²) in [6.07, 6.45) is 3.72. The lowest BCUT2D eigenvalue weighted by Crippen LogP contribution is -2.13. The van der Waals surface area contributed by atoms with E-state index in [1.807, 2.05) is 18.5 Å². The Hall–Kier alpha value is -1.57. The molecule has 0 aliphatic carbocycles. The van der Waals surface area contributed by atoms with Gasteiger partial charge in [-0.05, 0) is 29.0 Å². The molecule has 84 valence electrons. The minimum Gasteiger partial charge on any atom is -0.496 e. The molecule has 16 heavy (non-hydrogen) atoms. The molecule has 2 nitrogen and oxygen atoms in total. The fourth-order valence-corrected chi connectivity index (χ4v) is 2.09. The molecule has 0 bridgehead atoms. The number of methoxy groups -OCH3 is 1. The highest BCUT2D eigenvalue weighted by Crippen LogP contribution is 2.36. The molecule has 0 atom stereocenters. The average molecular weight is 215 g/mol. The second-order valence-electron chi connectivity index (χ2n) is 4.99. The van der Waals surface area contributed by atoms with Crippen LogP contribution in [0.5, 0.6) is 5.75 Å². The Morgan fingerprint density at radius 3 is 2.50 bits per heavy atom. The molecule has 0 fully saturated rings. The molecular formula is C14H17NO. The predicted molar refractivity (Wildman–Crippen MR) is 67.0 cm³/mol. The molecule has 2 aromatic rings. The van der Waals surface area contributed by atoms with Gasteiger partial charge in [-0.2, -0.15) is 0 Å². The Labute approximate surface area is 96.3 Å². The van der Waals surface area contributed by atoms with E-state index < -0.39 is 0 Å². The number of hydrogen-bond donors (Lipinski definition) is 0. The topological polar surface area (TPSA) is 22.1 Å². The van der Waals surface area contributed by atoms with Crippen molar-refractivity contribution < 1.29 is 4.74 Å². The Morgan fingerprint density at radius 2 is 1.88 bits per heavy atom. The van der Waals surface area contributed by atoms with Crippen molar-refractivity contribution >= 4 is 10.8 Å². The summed E-state index contributed by atoms with van der Waals surface area (Å²) in [7, 11) is 1.72. The third kappa shape index (κ3) is 1.75. The standard InChI is InChI=1S/C14H17NO/c1-14(2,3)13-11-7-8-15-9-10(11)5-6-12(13)16-4/h5-9H,1-4H3. The van der Waals surface area contributed by atoms with Crippen molar-refractivity contribution in [2.45, 2.75) is 26.2 Å². The predicted octanol–water partition coefficient (Wildman–Crippen LogP) is 3.54. The first-order valence-corrected chi connectivity index (χ1v) is 5.45. The van der Waals surface area contributed by atoms with E-state index >= 15 is 0 Å². The molecular weight excluding hydrogens is 198 g/mol. The Morgan fingerprint density at radius 1 is 1.12 bits per heavy atom. The number of fused-ring (bicyclic) bond motifs is 1. The Kier molecular flexibility index (Phi) is 2.58. The molecule has 1 aromatic carbocycles. The molecule has 1 heterocycles. The van der Waals surface area contributed by atoms with Gasteiger partial charge in [0.15, 0.2) is 0 Å². The van der Waals surface area contributed by atoms with Gasteiger partial charge in [0.25, 0.3) is 0 Å². The molecule has 0 amide bonds. The first-order chi connectivity index (χ1) is 7.54. The van der Waals surface area contributed by atoms with E-state index in [4.69, 9.17) is 4.74 Å². The number of hydrogen-bond acceptors (Lipinski definition) is 2. The summed E-state index contributed by atoms with van der Waals surface area (Å²) >= 11 is 0. The molecule has 0 spiro atoms. The van der Waals surface area contributed by atoms with Crippen LogP contribution in [-0.4, -0.2) is 12.1 Å². The van der Waals surface area contributed by atoms with Crippen molar-refractivity contribution in [3.63, 3.8) is 0 Å². The SMILES string of the molecule is COc1ccc2cnccc2c1C(C)(C)C. The van der Waals surface area contributed by atoms with Gasteiger partial charge in [-0.25, -0.2) is 0 Å². The van der Waals surface area contributed by atoms with Crippen LogP contribution < -0.4 is 4.74 Å². The third-order valence-electron chi connectivity index (χ3n) is 2.75. The number of pyridine rings is 1. The molecule has 2 heteroatoms. The largest absolute Gasteiger partial charge is 0.496 e. The van der Waals surface area contributed by atoms with Crippen molar-refractivity contribution in [1.29, 1.82) is 0 Å². The van der Waals surface area contributed by atoms with E-state index in [0.717, 1.165) is 11.1 Å². The number of ether oxygens (including phenoxy) is 1. The van der Waals surface area contributed by atoms with Crippen molar-refractivity contribution in [1.82, 2.24) is 4.98 Å². The van der Waals surface area contributed by atoms with Crippen LogP contribution in [-0.2, 0) is 5.41 Å². The van der Waals surface area contributed by atoms with Crippen LogP contribution in [0.3, 0.4) is 0 Å². The van der Waals surface area contributed by atoms with Gasteiger partial charge in [-0.15, -0.1) is 0 Å². The fraction of sp³-hybridized carbons (Fsp3) is 0.357. The van der Waals surface area contributed by atoms with Gasteiger partial charge < -0.3 is 4.74 Å². The molecule has 0 unspecified atom stereocenters. The lowest BCUT2D eigenvalue weighted by Gasteiger charge is -2.24. The number of rotatable bonds is 1. The maximum atomic E-state index is 5.46. The van der Waals surface area contributed by atoms with Crippen LogP contribution >= 0.6 is 0 Å². The molecule has 0 N–H and O–H groups in total. The zero-order valence-electron chi connectivity index (χ0n) is 10.2. The normalized spacial score (nSPS) is 11.8. The van der Waals surface area contributed by atoms with E-state index in [1.54, 1.807) is 7.11 Å². The number of aromatic nitrogens is 1. The lowest BCUT2D eigenvalue weighted by atomic mass is 9.83. The summed E-state index contributed by atoms with van der Waals surface area (Å²) in [5, 5.41) is 2.38. The van der Waals surface area contributed by atoms with Gasteiger partial charge in [0, 0.05) is 23.3 Å². The van der Waals surface area contributed by atoms with E-state index in [9.17, 15) is 0 Å². The second kappa shape index (κ2) is 3.78. The van der Waals surface area contributed by atoms with Gasteiger partial charge >= 0.3 is 0 Å². The van der Waals surface area contributed by atoms with E-state index in [-0.39, 0.29) is 5.41 Å². The highest BCUT2D eigenvalue weighted by molar-refractivity contribution is 5.88. The van der Waals surface area contributed by atoms with Crippen LogP contribution in [0.15, 0.2) is 30.6 Å². The highest BCUT2D eigenvalue weighted by Gasteiger charge is 2.21. The van der Waals surface area contributed by atoms with Crippen molar-refractivity contribution in [2.24, 2.45) is 0 Å². The molecule has 0 aliphatic rings. The van der Waals surface area contributed by atoms with Gasteiger partial charge in [-0.1, -0.05) is 20.8 Å². The first kappa shape index (κ1) is 10.9. The molecule has 1 aromatic heterocycles.